The van der Waals surface area contributed by atoms with Crippen LogP contribution in [0.25, 0.3) is 0 Å². The van der Waals surface area contributed by atoms with Crippen LogP contribution in [0.3, 0.4) is 0 Å². The van der Waals surface area contributed by atoms with Gasteiger partial charge in [0.2, 0.25) is 5.91 Å². The molecule has 0 aliphatic carbocycles. The molecular formula is C14H18N4O. The van der Waals surface area contributed by atoms with Crippen LogP contribution in [0.4, 0.5) is 5.69 Å². The van der Waals surface area contributed by atoms with E-state index in [4.69, 9.17) is 5.26 Å². The van der Waals surface area contributed by atoms with Crippen molar-refractivity contribution < 1.29 is 4.79 Å². The molecule has 1 N–H and O–H groups in total. The molecule has 1 aliphatic rings. The summed E-state index contributed by atoms with van der Waals surface area (Å²) in [6, 6.07) is 3.84. The van der Waals surface area contributed by atoms with E-state index in [0.717, 1.165) is 5.69 Å². The van der Waals surface area contributed by atoms with Gasteiger partial charge in [-0.1, -0.05) is 0 Å². The van der Waals surface area contributed by atoms with Gasteiger partial charge < -0.3 is 10.2 Å². The zero-order valence-corrected chi connectivity index (χ0v) is 11.5. The number of nitrogens with one attached hydrogen (secondary N) is 1. The highest BCUT2D eigenvalue weighted by atomic mass is 16.2. The lowest BCUT2D eigenvalue weighted by Gasteiger charge is -2.41. The van der Waals surface area contributed by atoms with Gasteiger partial charge in [0, 0.05) is 24.8 Å². The van der Waals surface area contributed by atoms with E-state index < -0.39 is 0 Å². The van der Waals surface area contributed by atoms with Crippen molar-refractivity contribution in [2.24, 2.45) is 5.92 Å². The second-order valence-corrected chi connectivity index (χ2v) is 5.85. The fraction of sp³-hybridized carbons (Fsp3) is 0.500. The summed E-state index contributed by atoms with van der Waals surface area (Å²) < 4.78 is 0. The monoisotopic (exact) mass is 258 g/mol. The van der Waals surface area contributed by atoms with Crippen LogP contribution in [0.5, 0.6) is 0 Å². The van der Waals surface area contributed by atoms with Crippen LogP contribution in [0.2, 0.25) is 0 Å². The molecule has 0 aromatic carbocycles. The molecular weight excluding hydrogens is 240 g/mol. The van der Waals surface area contributed by atoms with Crippen molar-refractivity contribution in [3.05, 3.63) is 24.0 Å². The highest BCUT2D eigenvalue weighted by Crippen LogP contribution is 2.27. The summed E-state index contributed by atoms with van der Waals surface area (Å²) >= 11 is 0. The van der Waals surface area contributed by atoms with Crippen LogP contribution in [0, 0.1) is 17.2 Å². The molecule has 0 radical (unpaired) electrons. The third kappa shape index (κ3) is 3.02. The normalized spacial score (nSPS) is 15.6. The van der Waals surface area contributed by atoms with E-state index >= 15 is 0 Å². The molecule has 2 rings (SSSR count). The van der Waals surface area contributed by atoms with E-state index in [-0.39, 0.29) is 17.4 Å². The minimum Gasteiger partial charge on any atom is -0.367 e. The maximum Gasteiger partial charge on any atom is 0.227 e. The maximum absolute atomic E-state index is 12.0. The Labute approximate surface area is 113 Å². The van der Waals surface area contributed by atoms with E-state index in [1.165, 1.54) is 0 Å². The third-order valence-corrected chi connectivity index (χ3v) is 3.01. The van der Waals surface area contributed by atoms with E-state index in [1.54, 1.807) is 18.5 Å². The molecule has 0 atom stereocenters. The minimum atomic E-state index is -0.205. The Hall–Kier alpha value is -2.09. The quantitative estimate of drug-likeness (QED) is 0.868. The number of nitrogens with zero attached hydrogens (tertiary/aromatic N) is 3. The molecule has 5 heteroatoms. The molecule has 0 unspecified atom stereocenters. The Morgan fingerprint density at radius 1 is 1.53 bits per heavy atom. The van der Waals surface area contributed by atoms with Gasteiger partial charge in [-0.2, -0.15) is 5.26 Å². The smallest absolute Gasteiger partial charge is 0.227 e. The SMILES string of the molecule is CC(C)(C)NC(=O)C1CN(c2cnccc2C#N)C1. The van der Waals surface area contributed by atoms with E-state index in [2.05, 4.69) is 16.4 Å². The van der Waals surface area contributed by atoms with Crippen molar-refractivity contribution in [1.29, 1.82) is 5.26 Å². The first kappa shape index (κ1) is 13.3. The molecule has 2 heterocycles. The Kier molecular flexibility index (Phi) is 3.43. The second-order valence-electron chi connectivity index (χ2n) is 5.85. The number of nitriles is 1. The number of aromatic nitrogens is 1. The molecule has 5 nitrogen and oxygen atoms in total. The van der Waals surface area contributed by atoms with Crippen molar-refractivity contribution in [3.8, 4) is 6.07 Å². The third-order valence-electron chi connectivity index (χ3n) is 3.01. The lowest BCUT2D eigenvalue weighted by molar-refractivity contribution is -0.127. The molecule has 0 spiro atoms. The summed E-state index contributed by atoms with van der Waals surface area (Å²) in [6.07, 6.45) is 3.28. The molecule has 1 saturated heterocycles. The Morgan fingerprint density at radius 2 is 2.21 bits per heavy atom. The molecule has 0 bridgehead atoms. The van der Waals surface area contributed by atoms with Crippen molar-refractivity contribution in [3.63, 3.8) is 0 Å². The van der Waals surface area contributed by atoms with Gasteiger partial charge in [0.05, 0.1) is 23.4 Å². The molecule has 1 aromatic heterocycles. The molecule has 1 amide bonds. The molecule has 1 aromatic rings. The molecule has 0 saturated carbocycles. The van der Waals surface area contributed by atoms with Gasteiger partial charge in [0.25, 0.3) is 0 Å². The van der Waals surface area contributed by atoms with Gasteiger partial charge in [-0.05, 0) is 26.8 Å². The predicted octanol–water partition coefficient (Wildman–Crippen LogP) is 1.30. The summed E-state index contributed by atoms with van der Waals surface area (Å²) in [5.41, 5.74) is 1.21. The number of rotatable bonds is 2. The zero-order chi connectivity index (χ0) is 14.0. The highest BCUT2D eigenvalue weighted by molar-refractivity contribution is 5.82. The number of carbonyl (C=O) groups is 1. The van der Waals surface area contributed by atoms with Crippen molar-refractivity contribution in [1.82, 2.24) is 10.3 Å². The summed E-state index contributed by atoms with van der Waals surface area (Å²) in [7, 11) is 0. The molecule has 19 heavy (non-hydrogen) atoms. The van der Waals surface area contributed by atoms with Crippen LogP contribution in [0.15, 0.2) is 18.5 Å². The van der Waals surface area contributed by atoms with Crippen LogP contribution in [0.1, 0.15) is 26.3 Å². The first-order valence-corrected chi connectivity index (χ1v) is 6.32. The largest absolute Gasteiger partial charge is 0.367 e. The second kappa shape index (κ2) is 4.88. The number of anilines is 1. The van der Waals surface area contributed by atoms with Crippen molar-refractivity contribution in [2.75, 3.05) is 18.0 Å². The lowest BCUT2D eigenvalue weighted by Crippen LogP contribution is -2.56. The fourth-order valence-electron chi connectivity index (χ4n) is 2.05. The van der Waals surface area contributed by atoms with Crippen LogP contribution in [-0.2, 0) is 4.79 Å². The number of pyridine rings is 1. The van der Waals surface area contributed by atoms with Gasteiger partial charge in [0.1, 0.15) is 6.07 Å². The lowest BCUT2D eigenvalue weighted by atomic mass is 9.96. The Balaban J connectivity index is 1.97. The van der Waals surface area contributed by atoms with E-state index in [0.29, 0.717) is 18.7 Å². The molecule has 100 valence electrons. The van der Waals surface area contributed by atoms with Crippen LogP contribution < -0.4 is 10.2 Å². The summed E-state index contributed by atoms with van der Waals surface area (Å²) in [5.74, 6) is 0.0668. The molecule has 1 aliphatic heterocycles. The van der Waals surface area contributed by atoms with E-state index in [9.17, 15) is 4.79 Å². The zero-order valence-electron chi connectivity index (χ0n) is 11.5. The van der Waals surface area contributed by atoms with Crippen LogP contribution >= 0.6 is 0 Å². The molecule has 1 fully saturated rings. The van der Waals surface area contributed by atoms with Crippen molar-refractivity contribution >= 4 is 11.6 Å². The van der Waals surface area contributed by atoms with Gasteiger partial charge in [-0.3, -0.25) is 9.78 Å². The topological polar surface area (TPSA) is 69.0 Å². The summed E-state index contributed by atoms with van der Waals surface area (Å²) in [5, 5.41) is 12.0. The minimum absolute atomic E-state index is 0.00836. The average Bonchev–Trinajstić information content (AvgIpc) is 2.25. The number of hydrogen-bond donors (Lipinski definition) is 1. The van der Waals surface area contributed by atoms with Crippen LogP contribution in [-0.4, -0.2) is 29.5 Å². The maximum atomic E-state index is 12.0. The number of carbonyl (C=O) groups excluding carboxylic acids is 1. The average molecular weight is 258 g/mol. The van der Waals surface area contributed by atoms with E-state index in [1.807, 2.05) is 25.7 Å². The number of hydrogen-bond acceptors (Lipinski definition) is 4. The Morgan fingerprint density at radius 3 is 2.79 bits per heavy atom. The first-order chi connectivity index (χ1) is 8.90. The predicted molar refractivity (Wildman–Crippen MR) is 72.6 cm³/mol. The fourth-order valence-corrected chi connectivity index (χ4v) is 2.05. The summed E-state index contributed by atoms with van der Waals surface area (Å²) in [6.45, 7) is 7.19. The Bertz CT molecular complexity index is 521. The van der Waals surface area contributed by atoms with Gasteiger partial charge >= 0.3 is 0 Å². The summed E-state index contributed by atoms with van der Waals surface area (Å²) in [4.78, 5) is 18.0. The van der Waals surface area contributed by atoms with Gasteiger partial charge in [0.15, 0.2) is 0 Å². The standard InChI is InChI=1S/C14H18N4O/c1-14(2,3)17-13(19)11-8-18(9-11)12-7-16-5-4-10(12)6-15/h4-5,7,11H,8-9H2,1-3H3,(H,17,19). The van der Waals surface area contributed by atoms with Gasteiger partial charge in [-0.15, -0.1) is 0 Å². The first-order valence-electron chi connectivity index (χ1n) is 6.32. The number of amides is 1. The van der Waals surface area contributed by atoms with Gasteiger partial charge in [-0.25, -0.2) is 0 Å². The highest BCUT2D eigenvalue weighted by Gasteiger charge is 2.35. The van der Waals surface area contributed by atoms with Crippen molar-refractivity contribution in [2.45, 2.75) is 26.3 Å².